The van der Waals surface area contributed by atoms with E-state index in [-0.39, 0.29) is 0 Å². The third kappa shape index (κ3) is 3.39. The zero-order valence-corrected chi connectivity index (χ0v) is 13.0. The van der Waals surface area contributed by atoms with Gasteiger partial charge in [0.1, 0.15) is 0 Å². The predicted molar refractivity (Wildman–Crippen MR) is 83.4 cm³/mol. The summed E-state index contributed by atoms with van der Waals surface area (Å²) in [5.74, 6) is 0. The average Bonchev–Trinajstić information content (AvgIpc) is 2.35. The van der Waals surface area contributed by atoms with Crippen molar-refractivity contribution >= 4 is 16.6 Å². The van der Waals surface area contributed by atoms with E-state index in [1.54, 1.807) is 12.2 Å². The molecule has 0 aromatic rings. The van der Waals surface area contributed by atoms with Gasteiger partial charge in [0.25, 0.3) is 0 Å². The Morgan fingerprint density at radius 1 is 0.824 bits per heavy atom. The first kappa shape index (κ1) is 15.8. The first-order valence-corrected chi connectivity index (χ1v) is 10.4. The zero-order valence-electron chi connectivity index (χ0n) is 11.0. The molecule has 2 atom stereocenters. The van der Waals surface area contributed by atoms with Gasteiger partial charge in [0.2, 0.25) is 16.6 Å². The van der Waals surface area contributed by atoms with Gasteiger partial charge in [-0.25, -0.2) is 0 Å². The number of hydrogen-bond acceptors (Lipinski definition) is 1. The second-order valence-electron chi connectivity index (χ2n) is 4.18. The minimum Gasteiger partial charge on any atom is -0.443 e. The lowest BCUT2D eigenvalue weighted by atomic mass is 10.6. The largest absolute Gasteiger partial charge is 0.443 e. The lowest BCUT2D eigenvalue weighted by Crippen LogP contribution is -2.48. The molecule has 0 N–H and O–H groups in total. The smallest absolute Gasteiger partial charge is 0.233 e. The van der Waals surface area contributed by atoms with E-state index in [1.165, 1.54) is 0 Å². The molecule has 17 heavy (non-hydrogen) atoms. The molecular weight excluding hydrogens is 240 g/mol. The molecule has 0 saturated heterocycles. The van der Waals surface area contributed by atoms with E-state index >= 15 is 0 Å². The third-order valence-corrected chi connectivity index (χ3v) is 10.9. The molecular formula is C14H22OSi2. The minimum absolute atomic E-state index is 0.907. The lowest BCUT2D eigenvalue weighted by molar-refractivity contribution is 0.577. The van der Waals surface area contributed by atoms with Gasteiger partial charge in [0.05, 0.1) is 0 Å². The Kier molecular flexibility index (Phi) is 5.55. The average molecular weight is 263 g/mol. The van der Waals surface area contributed by atoms with Gasteiger partial charge in [-0.2, -0.15) is 0 Å². The van der Waals surface area contributed by atoms with Crippen molar-refractivity contribution in [3.63, 3.8) is 0 Å². The van der Waals surface area contributed by atoms with Gasteiger partial charge in [-0.1, -0.05) is 49.9 Å². The van der Waals surface area contributed by atoms with Crippen LogP contribution in [0.5, 0.6) is 0 Å². The zero-order chi connectivity index (χ0) is 13.7. The van der Waals surface area contributed by atoms with Crippen LogP contribution in [0.2, 0.25) is 13.1 Å². The Morgan fingerprint density at radius 2 is 1.12 bits per heavy atom. The van der Waals surface area contributed by atoms with Gasteiger partial charge in [-0.15, -0.1) is 13.2 Å². The first-order valence-electron chi connectivity index (χ1n) is 5.40. The summed E-state index contributed by atoms with van der Waals surface area (Å²) in [6.45, 7) is 27.3. The summed E-state index contributed by atoms with van der Waals surface area (Å²) in [5, 5.41) is 1.81. The highest BCUT2D eigenvalue weighted by molar-refractivity contribution is 6.97. The van der Waals surface area contributed by atoms with E-state index < -0.39 is 16.6 Å². The van der Waals surface area contributed by atoms with Crippen molar-refractivity contribution in [2.24, 2.45) is 0 Å². The molecule has 0 aromatic carbocycles. The van der Waals surface area contributed by atoms with Crippen molar-refractivity contribution in [3.8, 4) is 0 Å². The van der Waals surface area contributed by atoms with Crippen molar-refractivity contribution in [2.75, 3.05) is 0 Å². The van der Waals surface area contributed by atoms with Crippen molar-refractivity contribution in [1.82, 2.24) is 0 Å². The van der Waals surface area contributed by atoms with Crippen molar-refractivity contribution < 1.29 is 4.12 Å². The molecule has 0 heterocycles. The van der Waals surface area contributed by atoms with Crippen molar-refractivity contribution in [2.45, 2.75) is 13.1 Å². The maximum atomic E-state index is 6.33. The van der Waals surface area contributed by atoms with E-state index in [2.05, 4.69) is 52.6 Å². The summed E-state index contributed by atoms with van der Waals surface area (Å²) in [6, 6.07) is 0. The Hall–Kier alpha value is -1.17. The van der Waals surface area contributed by atoms with Crippen LogP contribution in [-0.4, -0.2) is 16.6 Å². The highest BCUT2D eigenvalue weighted by atomic mass is 28.4. The summed E-state index contributed by atoms with van der Waals surface area (Å²) in [7, 11) is -4.46. The predicted octanol–water partition coefficient (Wildman–Crippen LogP) is 4.17. The monoisotopic (exact) mass is 262 g/mol. The molecule has 0 aliphatic rings. The second-order valence-corrected chi connectivity index (χ2v) is 11.5. The highest BCUT2D eigenvalue weighted by Crippen LogP contribution is 2.27. The minimum atomic E-state index is -2.23. The number of hydrogen-bond donors (Lipinski definition) is 0. The van der Waals surface area contributed by atoms with Crippen LogP contribution in [0, 0.1) is 0 Å². The second kappa shape index (κ2) is 5.95. The van der Waals surface area contributed by atoms with E-state index in [0.717, 1.165) is 10.4 Å². The summed E-state index contributed by atoms with van der Waals surface area (Å²) >= 11 is 0. The molecule has 3 heteroatoms. The number of allylic oxidation sites excluding steroid dienone is 4. The molecule has 0 amide bonds. The van der Waals surface area contributed by atoms with Gasteiger partial charge in [-0.3, -0.25) is 0 Å². The topological polar surface area (TPSA) is 9.23 Å². The fourth-order valence-electron chi connectivity index (χ4n) is 1.32. The van der Waals surface area contributed by atoms with Crippen LogP contribution in [0.4, 0.5) is 0 Å². The van der Waals surface area contributed by atoms with E-state index in [1.807, 2.05) is 11.4 Å². The number of rotatable bonds is 8. The molecule has 0 radical (unpaired) electrons. The lowest BCUT2D eigenvalue weighted by Gasteiger charge is -2.35. The molecule has 0 aliphatic heterocycles. The summed E-state index contributed by atoms with van der Waals surface area (Å²) in [5.41, 5.74) is 3.73. The molecule has 0 bridgehead atoms. The van der Waals surface area contributed by atoms with Crippen molar-refractivity contribution in [1.29, 1.82) is 0 Å². The fraction of sp³-hybridized carbons (Fsp3) is 0.143. The highest BCUT2D eigenvalue weighted by Gasteiger charge is 2.38. The van der Waals surface area contributed by atoms with Gasteiger partial charge in [0, 0.05) is 0 Å². The summed E-state index contributed by atoms with van der Waals surface area (Å²) in [6.07, 6.45) is 3.48. The van der Waals surface area contributed by atoms with Crippen LogP contribution >= 0.6 is 0 Å². The molecule has 92 valence electrons. The molecule has 0 fully saturated rings. The molecule has 0 rings (SSSR count). The van der Waals surface area contributed by atoms with Crippen LogP contribution in [0.25, 0.3) is 0 Å². The van der Waals surface area contributed by atoms with E-state index in [0.29, 0.717) is 0 Å². The van der Waals surface area contributed by atoms with Gasteiger partial charge in [-0.05, 0) is 23.5 Å². The SMILES string of the molecule is C=CC(=C)[Si](C)(C=C)O[Si](C)(C=C)C(=C)C=C. The Morgan fingerprint density at radius 3 is 1.29 bits per heavy atom. The first-order chi connectivity index (χ1) is 7.79. The van der Waals surface area contributed by atoms with Gasteiger partial charge < -0.3 is 4.12 Å². The molecule has 0 aromatic heterocycles. The Bertz CT molecular complexity index is 348. The van der Waals surface area contributed by atoms with Crippen LogP contribution in [0.3, 0.4) is 0 Å². The Balaban J connectivity index is 5.37. The van der Waals surface area contributed by atoms with Crippen LogP contribution in [0.15, 0.2) is 73.4 Å². The fourth-order valence-corrected chi connectivity index (χ4v) is 7.90. The van der Waals surface area contributed by atoms with E-state index in [9.17, 15) is 0 Å². The summed E-state index contributed by atoms with van der Waals surface area (Å²) < 4.78 is 6.33. The van der Waals surface area contributed by atoms with Gasteiger partial charge in [0.15, 0.2) is 0 Å². The Labute approximate surface area is 107 Å². The van der Waals surface area contributed by atoms with Crippen LogP contribution in [-0.2, 0) is 4.12 Å². The third-order valence-electron chi connectivity index (χ3n) is 2.97. The molecule has 1 nitrogen and oxygen atoms in total. The summed E-state index contributed by atoms with van der Waals surface area (Å²) in [4.78, 5) is 0. The molecule has 0 spiro atoms. The van der Waals surface area contributed by atoms with E-state index in [4.69, 9.17) is 4.12 Å². The maximum Gasteiger partial charge on any atom is 0.233 e. The quantitative estimate of drug-likeness (QED) is 0.471. The van der Waals surface area contributed by atoms with Crippen LogP contribution < -0.4 is 0 Å². The standard InChI is InChI=1S/C14H22OSi2/c1-9-13(5)16(7,11-3)15-17(8,12-4)14(6)10-2/h9-12H,1-6H2,7-8H3. The molecule has 2 unspecified atom stereocenters. The van der Waals surface area contributed by atoms with Crippen LogP contribution in [0.1, 0.15) is 0 Å². The van der Waals surface area contributed by atoms with Gasteiger partial charge >= 0.3 is 0 Å². The molecule has 0 saturated carbocycles. The maximum absolute atomic E-state index is 6.33. The van der Waals surface area contributed by atoms with Crippen molar-refractivity contribution in [3.05, 3.63) is 73.4 Å². The normalized spacial score (nSPS) is 17.1. The molecule has 0 aliphatic carbocycles.